The fraction of sp³-hybridized carbons (Fsp3) is 0.208. The standard InChI is InChI=1S/C24H22N2O5/c1-13-6-7-14(2)26(13)21-11-16(8-9-18(21)24(30)31)22(27)25-20-12-19(20)15-4-3-5-17(10-15)23(28)29/h3-11,19-20H,12H2,1-2H3,(H,25,27)(H,28,29)(H,30,31). The summed E-state index contributed by atoms with van der Waals surface area (Å²) >= 11 is 0. The van der Waals surface area contributed by atoms with E-state index in [9.17, 15) is 19.5 Å². The van der Waals surface area contributed by atoms with Crippen molar-refractivity contribution in [3.8, 4) is 5.69 Å². The van der Waals surface area contributed by atoms with Crippen LogP contribution in [0.4, 0.5) is 0 Å². The SMILES string of the molecule is Cc1ccc(C)n1-c1cc(C(=O)NC2CC2c2cccc(C(=O)O)c2)ccc1C(=O)O. The summed E-state index contributed by atoms with van der Waals surface area (Å²) in [5.41, 5.74) is 3.79. The van der Waals surface area contributed by atoms with Crippen molar-refractivity contribution in [2.24, 2.45) is 0 Å². The highest BCUT2D eigenvalue weighted by atomic mass is 16.4. The molecule has 3 N–H and O–H groups in total. The van der Waals surface area contributed by atoms with E-state index in [1.807, 2.05) is 36.6 Å². The van der Waals surface area contributed by atoms with Crippen LogP contribution < -0.4 is 5.32 Å². The molecule has 31 heavy (non-hydrogen) atoms. The summed E-state index contributed by atoms with van der Waals surface area (Å²) < 4.78 is 1.82. The van der Waals surface area contributed by atoms with Gasteiger partial charge in [-0.15, -0.1) is 0 Å². The van der Waals surface area contributed by atoms with Gasteiger partial charge in [-0.1, -0.05) is 12.1 Å². The van der Waals surface area contributed by atoms with Crippen LogP contribution in [0.2, 0.25) is 0 Å². The molecule has 7 heteroatoms. The first-order valence-corrected chi connectivity index (χ1v) is 9.93. The van der Waals surface area contributed by atoms with Crippen molar-refractivity contribution >= 4 is 17.8 Å². The number of rotatable bonds is 6. The highest BCUT2D eigenvalue weighted by Crippen LogP contribution is 2.41. The summed E-state index contributed by atoms with van der Waals surface area (Å²) in [6.45, 7) is 3.76. The lowest BCUT2D eigenvalue weighted by atomic mass is 10.1. The van der Waals surface area contributed by atoms with Crippen molar-refractivity contribution in [1.29, 1.82) is 0 Å². The number of carboxylic acid groups (broad SMARTS) is 2. The third-order valence-electron chi connectivity index (χ3n) is 5.67. The van der Waals surface area contributed by atoms with Crippen molar-refractivity contribution in [1.82, 2.24) is 9.88 Å². The Kier molecular flexibility index (Phi) is 5.10. The van der Waals surface area contributed by atoms with E-state index >= 15 is 0 Å². The third-order valence-corrected chi connectivity index (χ3v) is 5.67. The number of amides is 1. The Morgan fingerprint density at radius 1 is 0.903 bits per heavy atom. The van der Waals surface area contributed by atoms with Crippen LogP contribution in [0.25, 0.3) is 5.69 Å². The second-order valence-corrected chi connectivity index (χ2v) is 7.84. The van der Waals surface area contributed by atoms with Crippen molar-refractivity contribution in [2.75, 3.05) is 0 Å². The van der Waals surface area contributed by atoms with E-state index < -0.39 is 11.9 Å². The van der Waals surface area contributed by atoms with E-state index in [1.165, 1.54) is 12.1 Å². The van der Waals surface area contributed by atoms with E-state index in [4.69, 9.17) is 5.11 Å². The molecule has 7 nitrogen and oxygen atoms in total. The molecule has 2 atom stereocenters. The predicted molar refractivity (Wildman–Crippen MR) is 114 cm³/mol. The Morgan fingerprint density at radius 2 is 1.61 bits per heavy atom. The van der Waals surface area contributed by atoms with E-state index in [0.717, 1.165) is 23.4 Å². The molecule has 2 unspecified atom stereocenters. The van der Waals surface area contributed by atoms with Crippen molar-refractivity contribution in [3.05, 3.63) is 88.2 Å². The molecule has 0 spiro atoms. The maximum absolute atomic E-state index is 12.9. The minimum Gasteiger partial charge on any atom is -0.478 e. The molecule has 1 amide bonds. The maximum Gasteiger partial charge on any atom is 0.337 e. The number of aryl methyl sites for hydroxylation is 2. The number of hydrogen-bond donors (Lipinski definition) is 3. The summed E-state index contributed by atoms with van der Waals surface area (Å²) in [6, 6.07) is 15.0. The third kappa shape index (κ3) is 3.94. The molecule has 158 valence electrons. The van der Waals surface area contributed by atoms with Crippen LogP contribution >= 0.6 is 0 Å². The minimum atomic E-state index is -1.06. The number of nitrogens with one attached hydrogen (secondary N) is 1. The predicted octanol–water partition coefficient (Wildman–Crippen LogP) is 3.78. The van der Waals surface area contributed by atoms with Crippen molar-refractivity contribution in [2.45, 2.75) is 32.2 Å². The topological polar surface area (TPSA) is 109 Å². The summed E-state index contributed by atoms with van der Waals surface area (Å²) in [4.78, 5) is 35.8. The highest BCUT2D eigenvalue weighted by molar-refractivity contribution is 5.98. The quantitative estimate of drug-likeness (QED) is 0.565. The summed E-state index contributed by atoms with van der Waals surface area (Å²) in [5.74, 6) is -2.27. The minimum absolute atomic E-state index is 0.0648. The highest BCUT2D eigenvalue weighted by Gasteiger charge is 2.40. The number of aromatic carboxylic acids is 2. The Balaban J connectivity index is 1.56. The Morgan fingerprint density at radius 3 is 2.26 bits per heavy atom. The van der Waals surface area contributed by atoms with Crippen LogP contribution in [0.3, 0.4) is 0 Å². The van der Waals surface area contributed by atoms with Gasteiger partial charge in [0.1, 0.15) is 0 Å². The number of hydrogen-bond acceptors (Lipinski definition) is 3. The molecule has 0 radical (unpaired) electrons. The zero-order valence-corrected chi connectivity index (χ0v) is 17.1. The van der Waals surface area contributed by atoms with E-state index in [2.05, 4.69) is 5.32 Å². The van der Waals surface area contributed by atoms with Crippen molar-refractivity contribution in [3.63, 3.8) is 0 Å². The molecular formula is C24H22N2O5. The molecule has 1 aliphatic rings. The van der Waals surface area contributed by atoms with Crippen LogP contribution in [0.1, 0.15) is 60.4 Å². The number of carbonyl (C=O) groups is 3. The first-order valence-electron chi connectivity index (χ1n) is 9.93. The molecule has 1 aromatic heterocycles. The van der Waals surface area contributed by atoms with Gasteiger partial charge in [0.2, 0.25) is 0 Å². The smallest absolute Gasteiger partial charge is 0.337 e. The number of carbonyl (C=O) groups excluding carboxylic acids is 1. The molecule has 4 rings (SSSR count). The number of nitrogens with zero attached hydrogens (tertiary/aromatic N) is 1. The number of carboxylic acids is 2. The zero-order chi connectivity index (χ0) is 22.3. The van der Waals surface area contributed by atoms with Crippen LogP contribution in [0, 0.1) is 13.8 Å². The molecule has 1 aliphatic carbocycles. The summed E-state index contributed by atoms with van der Waals surface area (Å²) in [6.07, 6.45) is 0.727. The average Bonchev–Trinajstić information content (AvgIpc) is 3.43. The van der Waals surface area contributed by atoms with Gasteiger partial charge in [0.05, 0.1) is 16.8 Å². The molecular weight excluding hydrogens is 396 g/mol. The van der Waals surface area contributed by atoms with Gasteiger partial charge in [-0.2, -0.15) is 0 Å². The fourth-order valence-corrected chi connectivity index (χ4v) is 3.96. The van der Waals surface area contributed by atoms with E-state index in [1.54, 1.807) is 24.3 Å². The summed E-state index contributed by atoms with van der Waals surface area (Å²) in [7, 11) is 0. The Bertz CT molecular complexity index is 1190. The van der Waals surface area contributed by atoms with Gasteiger partial charge in [0.25, 0.3) is 5.91 Å². The van der Waals surface area contributed by atoms with Crippen molar-refractivity contribution < 1.29 is 24.6 Å². The van der Waals surface area contributed by atoms with Crippen LogP contribution in [-0.4, -0.2) is 38.7 Å². The molecule has 0 bridgehead atoms. The van der Waals surface area contributed by atoms with Gasteiger partial charge in [-0.3, -0.25) is 4.79 Å². The first kappa shape index (κ1) is 20.4. The molecule has 1 saturated carbocycles. The molecule has 0 saturated heterocycles. The normalized spacial score (nSPS) is 17.2. The molecule has 2 aromatic carbocycles. The second-order valence-electron chi connectivity index (χ2n) is 7.84. The van der Waals surface area contributed by atoms with Crippen LogP contribution in [0.5, 0.6) is 0 Å². The molecule has 1 heterocycles. The molecule has 0 aliphatic heterocycles. The lowest BCUT2D eigenvalue weighted by molar-refractivity contribution is 0.0686. The van der Waals surface area contributed by atoms with Gasteiger partial charge in [0.15, 0.2) is 0 Å². The monoisotopic (exact) mass is 418 g/mol. The Hall–Kier alpha value is -3.87. The maximum atomic E-state index is 12.9. The van der Waals surface area contributed by atoms with E-state index in [0.29, 0.717) is 11.3 Å². The largest absolute Gasteiger partial charge is 0.478 e. The first-order chi connectivity index (χ1) is 14.8. The van der Waals surface area contributed by atoms with E-state index in [-0.39, 0.29) is 29.0 Å². The molecule has 1 fully saturated rings. The lowest BCUT2D eigenvalue weighted by Crippen LogP contribution is -2.27. The lowest BCUT2D eigenvalue weighted by Gasteiger charge is -2.14. The number of aromatic nitrogens is 1. The summed E-state index contributed by atoms with van der Waals surface area (Å²) in [5, 5.41) is 21.7. The van der Waals surface area contributed by atoms with Gasteiger partial charge in [-0.05, 0) is 68.3 Å². The van der Waals surface area contributed by atoms with Gasteiger partial charge in [0, 0.05) is 28.9 Å². The second kappa shape index (κ2) is 7.75. The zero-order valence-electron chi connectivity index (χ0n) is 17.1. The van der Waals surface area contributed by atoms with Gasteiger partial charge < -0.3 is 20.1 Å². The van der Waals surface area contributed by atoms with Crippen LogP contribution in [-0.2, 0) is 0 Å². The fourth-order valence-electron chi connectivity index (χ4n) is 3.96. The average molecular weight is 418 g/mol. The van der Waals surface area contributed by atoms with Gasteiger partial charge in [-0.25, -0.2) is 9.59 Å². The van der Waals surface area contributed by atoms with Crippen LogP contribution in [0.15, 0.2) is 54.6 Å². The number of benzene rings is 2. The Labute approximate surface area is 179 Å². The molecule has 3 aromatic rings. The van der Waals surface area contributed by atoms with Gasteiger partial charge >= 0.3 is 11.9 Å².